The molecule has 10 rings (SSSR count). The fourth-order valence-corrected chi connectivity index (χ4v) is 8.93. The minimum absolute atomic E-state index is 1.11. The van der Waals surface area contributed by atoms with Gasteiger partial charge in [0.25, 0.3) is 0 Å². The van der Waals surface area contributed by atoms with Crippen LogP contribution in [0.1, 0.15) is 27.7 Å². The predicted molar refractivity (Wildman–Crippen MR) is 260 cm³/mol. The van der Waals surface area contributed by atoms with Crippen molar-refractivity contribution < 1.29 is 0 Å². The van der Waals surface area contributed by atoms with Crippen molar-refractivity contribution in [2.75, 3.05) is 9.80 Å². The number of rotatable bonds is 8. The Labute approximate surface area is 352 Å². The Balaban J connectivity index is 0.00000118. The summed E-state index contributed by atoms with van der Waals surface area (Å²) in [7, 11) is 0. The maximum atomic E-state index is 2.39. The van der Waals surface area contributed by atoms with Crippen LogP contribution in [0.4, 0.5) is 34.1 Å². The van der Waals surface area contributed by atoms with Gasteiger partial charge in [-0.15, -0.1) is 11.3 Å². The first-order valence-corrected chi connectivity index (χ1v) is 21.5. The zero-order chi connectivity index (χ0) is 40.6. The average molecular weight is 781 g/mol. The molecule has 0 spiro atoms. The minimum atomic E-state index is 1.11. The van der Waals surface area contributed by atoms with Crippen LogP contribution in [-0.2, 0) is 0 Å². The molecule has 0 amide bonds. The molecule has 3 heteroatoms. The third kappa shape index (κ3) is 7.98. The van der Waals surface area contributed by atoms with Crippen molar-refractivity contribution >= 4 is 76.4 Å². The van der Waals surface area contributed by atoms with Crippen molar-refractivity contribution in [3.05, 3.63) is 218 Å². The molecule has 1 heterocycles. The highest BCUT2D eigenvalue weighted by atomic mass is 32.1. The van der Waals surface area contributed by atoms with Crippen molar-refractivity contribution in [1.82, 2.24) is 0 Å². The van der Waals surface area contributed by atoms with E-state index in [0.29, 0.717) is 0 Å². The molecule has 0 radical (unpaired) electrons. The van der Waals surface area contributed by atoms with E-state index in [9.17, 15) is 0 Å². The molecule has 0 unspecified atom stereocenters. The number of benzene rings is 9. The summed E-state index contributed by atoms with van der Waals surface area (Å²) in [5, 5.41) is 4.99. The van der Waals surface area contributed by atoms with Crippen LogP contribution in [0.3, 0.4) is 0 Å². The molecular weight excluding hydrogens is 733 g/mol. The number of anilines is 6. The molecule has 1 aromatic heterocycles. The van der Waals surface area contributed by atoms with Gasteiger partial charge >= 0.3 is 0 Å². The number of para-hydroxylation sites is 1. The molecule has 2 nitrogen and oxygen atoms in total. The Kier molecular flexibility index (Phi) is 11.9. The summed E-state index contributed by atoms with van der Waals surface area (Å²) < 4.78 is 2.52. The van der Waals surface area contributed by atoms with E-state index in [1.54, 1.807) is 0 Å². The highest BCUT2D eigenvalue weighted by Crippen LogP contribution is 2.45. The molecule has 59 heavy (non-hydrogen) atoms. The zero-order valence-electron chi connectivity index (χ0n) is 34.1. The van der Waals surface area contributed by atoms with Crippen LogP contribution < -0.4 is 9.80 Å². The van der Waals surface area contributed by atoms with Gasteiger partial charge < -0.3 is 9.80 Å². The van der Waals surface area contributed by atoms with Gasteiger partial charge in [0.2, 0.25) is 0 Å². The summed E-state index contributed by atoms with van der Waals surface area (Å²) in [6.07, 6.45) is 0. The van der Waals surface area contributed by atoms with Gasteiger partial charge in [0.1, 0.15) is 0 Å². The van der Waals surface area contributed by atoms with Crippen LogP contribution in [0.2, 0.25) is 0 Å². The lowest BCUT2D eigenvalue weighted by Gasteiger charge is -2.27. The van der Waals surface area contributed by atoms with Crippen molar-refractivity contribution in [3.8, 4) is 22.3 Å². The first kappa shape index (κ1) is 38.9. The van der Waals surface area contributed by atoms with Crippen LogP contribution in [0.15, 0.2) is 218 Å². The van der Waals surface area contributed by atoms with E-state index in [1.807, 2.05) is 39.0 Å². The quantitative estimate of drug-likeness (QED) is 0.152. The monoisotopic (exact) mass is 780 g/mol. The van der Waals surface area contributed by atoms with Crippen molar-refractivity contribution in [3.63, 3.8) is 0 Å². The molecule has 0 saturated heterocycles. The summed E-state index contributed by atoms with van der Waals surface area (Å²) in [6, 6.07) is 78.8. The maximum Gasteiger partial charge on any atom is 0.0540 e. The van der Waals surface area contributed by atoms with E-state index >= 15 is 0 Å². The summed E-state index contributed by atoms with van der Waals surface area (Å²) >= 11 is 1.86. The van der Waals surface area contributed by atoms with Crippen LogP contribution in [0, 0.1) is 0 Å². The van der Waals surface area contributed by atoms with Gasteiger partial charge in [-0.3, -0.25) is 0 Å². The topological polar surface area (TPSA) is 6.48 Å². The summed E-state index contributed by atoms with van der Waals surface area (Å²) in [5.41, 5.74) is 11.6. The summed E-state index contributed by atoms with van der Waals surface area (Å²) in [5.74, 6) is 0. The summed E-state index contributed by atoms with van der Waals surface area (Å²) in [6.45, 7) is 8.00. The molecule has 0 aliphatic carbocycles. The number of fused-ring (bicyclic) bond motifs is 4. The third-order valence-corrected chi connectivity index (χ3v) is 11.6. The van der Waals surface area contributed by atoms with Gasteiger partial charge in [0, 0.05) is 54.0 Å². The van der Waals surface area contributed by atoms with Gasteiger partial charge in [0.15, 0.2) is 0 Å². The lowest BCUT2D eigenvalue weighted by atomic mass is 10.0. The molecular formula is C56H48N2S. The molecule has 0 saturated carbocycles. The van der Waals surface area contributed by atoms with Crippen LogP contribution in [0.5, 0.6) is 0 Å². The SMILES string of the molecule is CC.CC.c1ccc(-c2ccc(N(c3ccc(-c4ccccc4)cc3)c3ccc4c(c3)sc3cc(N(c5ccccc5)c5cccc6ccccc56)ccc34)cc2)cc1. The van der Waals surface area contributed by atoms with E-state index in [4.69, 9.17) is 0 Å². The van der Waals surface area contributed by atoms with E-state index in [2.05, 4.69) is 228 Å². The van der Waals surface area contributed by atoms with E-state index < -0.39 is 0 Å². The van der Waals surface area contributed by atoms with Gasteiger partial charge in [-0.2, -0.15) is 0 Å². The first-order chi connectivity index (χ1) is 29.3. The summed E-state index contributed by atoms with van der Waals surface area (Å²) in [4.78, 5) is 4.76. The molecule has 0 aliphatic rings. The van der Waals surface area contributed by atoms with Gasteiger partial charge in [-0.1, -0.05) is 179 Å². The normalized spacial score (nSPS) is 10.7. The molecule has 288 valence electrons. The molecule has 10 aromatic rings. The maximum absolute atomic E-state index is 2.39. The predicted octanol–water partition coefficient (Wildman–Crippen LogP) is 17.5. The lowest BCUT2D eigenvalue weighted by molar-refractivity contribution is 1.29. The molecule has 0 atom stereocenters. The van der Waals surface area contributed by atoms with E-state index in [1.165, 1.54) is 58.9 Å². The second-order valence-corrected chi connectivity index (χ2v) is 14.9. The van der Waals surface area contributed by atoms with Crippen molar-refractivity contribution in [2.24, 2.45) is 0 Å². The van der Waals surface area contributed by atoms with Crippen LogP contribution >= 0.6 is 11.3 Å². The van der Waals surface area contributed by atoms with Gasteiger partial charge in [0.05, 0.1) is 5.69 Å². The zero-order valence-corrected chi connectivity index (χ0v) is 34.9. The molecule has 0 N–H and O–H groups in total. The Morgan fingerprint density at radius 3 is 1.20 bits per heavy atom. The minimum Gasteiger partial charge on any atom is -0.310 e. The molecule has 0 bridgehead atoms. The second kappa shape index (κ2) is 18.1. The number of nitrogens with zero attached hydrogens (tertiary/aromatic N) is 2. The Hall–Kier alpha value is -6.94. The van der Waals surface area contributed by atoms with Crippen LogP contribution in [0.25, 0.3) is 53.2 Å². The molecule has 0 fully saturated rings. The molecule has 9 aromatic carbocycles. The Morgan fingerprint density at radius 2 is 0.678 bits per heavy atom. The van der Waals surface area contributed by atoms with E-state index in [-0.39, 0.29) is 0 Å². The van der Waals surface area contributed by atoms with Crippen molar-refractivity contribution in [1.29, 1.82) is 0 Å². The van der Waals surface area contributed by atoms with Gasteiger partial charge in [-0.05, 0) is 94.4 Å². The van der Waals surface area contributed by atoms with E-state index in [0.717, 1.165) is 28.4 Å². The smallest absolute Gasteiger partial charge is 0.0540 e. The third-order valence-electron chi connectivity index (χ3n) is 10.4. The number of hydrogen-bond donors (Lipinski definition) is 0. The highest BCUT2D eigenvalue weighted by Gasteiger charge is 2.19. The standard InChI is InChI=1S/C52H36N2S.2C2H6/c1-4-13-37(14-5-1)39-23-27-43(28-24-39)53(44-29-25-40(26-30-44)38-15-6-2-7-16-38)45-31-33-48-49-34-32-46(36-52(49)55-51(48)35-45)54(42-19-8-3-9-20-42)50-22-12-18-41-17-10-11-21-47(41)50;2*1-2/h1-36H;2*1-2H3. The van der Waals surface area contributed by atoms with Gasteiger partial charge in [-0.25, -0.2) is 0 Å². The Morgan fingerprint density at radius 1 is 0.288 bits per heavy atom. The fourth-order valence-electron chi connectivity index (χ4n) is 7.75. The lowest BCUT2D eigenvalue weighted by Crippen LogP contribution is -2.10. The average Bonchev–Trinajstić information content (AvgIpc) is 3.69. The second-order valence-electron chi connectivity index (χ2n) is 13.8. The largest absolute Gasteiger partial charge is 0.310 e. The number of thiophene rings is 1. The first-order valence-electron chi connectivity index (χ1n) is 20.7. The number of hydrogen-bond acceptors (Lipinski definition) is 3. The fraction of sp³-hybridized carbons (Fsp3) is 0.0714. The van der Waals surface area contributed by atoms with Crippen LogP contribution in [-0.4, -0.2) is 0 Å². The van der Waals surface area contributed by atoms with Crippen molar-refractivity contribution in [2.45, 2.75) is 27.7 Å². The molecule has 0 aliphatic heterocycles. The highest BCUT2D eigenvalue weighted by molar-refractivity contribution is 7.25. The Bertz CT molecular complexity index is 2810.